The zero-order chi connectivity index (χ0) is 29.7. The smallest absolute Gasteiger partial charge is 0.418 e. The van der Waals surface area contributed by atoms with E-state index >= 15 is 0 Å². The molecule has 43 heavy (non-hydrogen) atoms. The Hall–Kier alpha value is -5.64. The number of aromatic amines is 1. The molecule has 0 saturated heterocycles. The van der Waals surface area contributed by atoms with Crippen molar-refractivity contribution in [1.82, 2.24) is 23.6 Å². The summed E-state index contributed by atoms with van der Waals surface area (Å²) >= 11 is 0. The van der Waals surface area contributed by atoms with Crippen molar-refractivity contribution < 1.29 is 19.1 Å². The zero-order valence-corrected chi connectivity index (χ0v) is 23.3. The van der Waals surface area contributed by atoms with Crippen molar-refractivity contribution in [2.45, 2.75) is 19.9 Å². The third-order valence-corrected chi connectivity index (χ3v) is 7.90. The van der Waals surface area contributed by atoms with Crippen molar-refractivity contribution in [3.05, 3.63) is 113 Å². The second-order valence-corrected chi connectivity index (χ2v) is 10.3. The number of benzene rings is 3. The summed E-state index contributed by atoms with van der Waals surface area (Å²) in [4.78, 5) is 55.8. The molecule has 0 atom stereocenters. The molecule has 0 spiro atoms. The van der Waals surface area contributed by atoms with Gasteiger partial charge in [-0.3, -0.25) is 23.6 Å². The fraction of sp³-hybridized carbons (Fsp3) is 0.152. The second-order valence-electron chi connectivity index (χ2n) is 10.3. The minimum atomic E-state index is -0.523. The Bertz CT molecular complexity index is 2090. The predicted octanol–water partition coefficient (Wildman–Crippen LogP) is 5.43. The molecule has 0 fully saturated rings. The van der Waals surface area contributed by atoms with Crippen molar-refractivity contribution in [2.75, 3.05) is 13.2 Å². The van der Waals surface area contributed by atoms with E-state index in [-0.39, 0.29) is 30.7 Å². The highest BCUT2D eigenvalue weighted by Crippen LogP contribution is 2.34. The number of aromatic nitrogens is 4. The summed E-state index contributed by atoms with van der Waals surface area (Å²) in [5.74, 6) is -0.533. The summed E-state index contributed by atoms with van der Waals surface area (Å²) in [5.41, 5.74) is 4.12. The van der Waals surface area contributed by atoms with Gasteiger partial charge in [-0.15, -0.1) is 0 Å². The Morgan fingerprint density at radius 1 is 0.767 bits per heavy atom. The van der Waals surface area contributed by atoms with Gasteiger partial charge in [0.05, 0.1) is 34.6 Å². The van der Waals surface area contributed by atoms with E-state index in [9.17, 15) is 19.2 Å². The average molecular weight is 574 g/mol. The number of imide groups is 1. The Labute approximate surface area is 245 Å². The van der Waals surface area contributed by atoms with Gasteiger partial charge in [-0.1, -0.05) is 48.5 Å². The first-order valence-electron chi connectivity index (χ1n) is 14.1. The van der Waals surface area contributed by atoms with Crippen molar-refractivity contribution >= 4 is 39.7 Å². The number of nitrogens with one attached hydrogen (secondary N) is 1. The van der Waals surface area contributed by atoms with Gasteiger partial charge >= 0.3 is 11.8 Å². The number of fused-ring (bicyclic) bond motifs is 3. The lowest BCUT2D eigenvalue weighted by molar-refractivity contribution is 0.0650. The number of rotatable bonds is 7. The lowest BCUT2D eigenvalue weighted by Gasteiger charge is -2.14. The van der Waals surface area contributed by atoms with E-state index in [1.807, 2.05) is 54.7 Å². The van der Waals surface area contributed by atoms with Crippen LogP contribution in [0.15, 0.2) is 96.2 Å². The van der Waals surface area contributed by atoms with E-state index in [4.69, 9.17) is 4.74 Å². The van der Waals surface area contributed by atoms with Crippen LogP contribution in [0.2, 0.25) is 0 Å². The first kappa shape index (κ1) is 26.3. The maximum atomic E-state index is 13.3. The van der Waals surface area contributed by atoms with Gasteiger partial charge in [-0.05, 0) is 37.6 Å². The summed E-state index contributed by atoms with van der Waals surface area (Å²) in [6.07, 6.45) is 5.31. The number of hydrogen-bond donors (Lipinski definition) is 1. The molecule has 4 heterocycles. The van der Waals surface area contributed by atoms with Gasteiger partial charge in [0.15, 0.2) is 0 Å². The quantitative estimate of drug-likeness (QED) is 0.256. The van der Waals surface area contributed by atoms with Crippen LogP contribution < -0.4 is 5.69 Å². The molecule has 0 bridgehead atoms. The third kappa shape index (κ3) is 4.18. The standard InChI is InChI=1S/C33H27N5O5/c1-2-43-33(42)37-20-29(24-13-6-8-15-27(24)37)38-28(18-34-32(38)41)25-19-35(26-14-7-5-10-21(25)26)16-9-17-36-30(39)22-11-3-4-12-23(22)31(36)40/h3-8,10-15,18-20H,2,9,16-17H2,1H3,(H,34,41). The molecule has 1 aliphatic heterocycles. The number of nitrogens with zero attached hydrogens (tertiary/aromatic N) is 4. The van der Waals surface area contributed by atoms with Crippen molar-refractivity contribution in [1.29, 1.82) is 0 Å². The molecule has 0 unspecified atom stereocenters. The fourth-order valence-electron chi connectivity index (χ4n) is 5.97. The lowest BCUT2D eigenvalue weighted by atomic mass is 10.1. The number of imidazole rings is 1. The van der Waals surface area contributed by atoms with Gasteiger partial charge in [0, 0.05) is 53.5 Å². The van der Waals surface area contributed by atoms with Crippen LogP contribution in [-0.4, -0.2) is 54.6 Å². The number of ether oxygens (including phenoxy) is 1. The van der Waals surface area contributed by atoms with Crippen LogP contribution in [0, 0.1) is 0 Å². The van der Waals surface area contributed by atoms with Crippen molar-refractivity contribution in [2.24, 2.45) is 0 Å². The largest absolute Gasteiger partial charge is 0.449 e. The molecule has 7 rings (SSSR count). The molecule has 2 amide bonds. The van der Waals surface area contributed by atoms with Gasteiger partial charge < -0.3 is 14.3 Å². The Morgan fingerprint density at radius 3 is 2.14 bits per heavy atom. The normalized spacial score (nSPS) is 12.9. The van der Waals surface area contributed by atoms with E-state index in [0.717, 1.165) is 21.9 Å². The van der Waals surface area contributed by atoms with Crippen LogP contribution in [0.5, 0.6) is 0 Å². The Balaban J connectivity index is 1.25. The number of hydrogen-bond acceptors (Lipinski definition) is 5. The molecule has 1 N–H and O–H groups in total. The van der Waals surface area contributed by atoms with Gasteiger partial charge in [0.2, 0.25) is 0 Å². The minimum absolute atomic E-state index is 0.225. The van der Waals surface area contributed by atoms with Crippen LogP contribution >= 0.6 is 0 Å². The van der Waals surface area contributed by atoms with Crippen LogP contribution in [0.25, 0.3) is 38.8 Å². The van der Waals surface area contributed by atoms with Crippen LogP contribution in [0.1, 0.15) is 34.1 Å². The summed E-state index contributed by atoms with van der Waals surface area (Å²) in [5, 5.41) is 1.66. The third-order valence-electron chi connectivity index (χ3n) is 7.90. The van der Waals surface area contributed by atoms with Crippen LogP contribution in [-0.2, 0) is 11.3 Å². The molecule has 10 heteroatoms. The number of para-hydroxylation sites is 2. The van der Waals surface area contributed by atoms with Gasteiger partial charge in [-0.25, -0.2) is 9.59 Å². The number of aryl methyl sites for hydroxylation is 1. The Morgan fingerprint density at radius 2 is 1.42 bits per heavy atom. The van der Waals surface area contributed by atoms with Gasteiger partial charge in [0.25, 0.3) is 11.8 Å². The van der Waals surface area contributed by atoms with Crippen LogP contribution in [0.3, 0.4) is 0 Å². The van der Waals surface area contributed by atoms with Crippen molar-refractivity contribution in [3.8, 4) is 16.9 Å². The molecule has 3 aromatic heterocycles. The lowest BCUT2D eigenvalue weighted by Crippen LogP contribution is -2.31. The SMILES string of the molecule is CCOC(=O)n1cc(-n2c(-c3cn(CCCN4C(=O)c5ccccc5C4=O)c4ccccc34)c[nH]c2=O)c2ccccc21. The summed E-state index contributed by atoms with van der Waals surface area (Å²) in [6.45, 7) is 2.80. The number of carbonyl (C=O) groups is 3. The molecular weight excluding hydrogens is 546 g/mol. The molecule has 0 saturated carbocycles. The topological polar surface area (TPSA) is 111 Å². The molecule has 1 aliphatic rings. The maximum absolute atomic E-state index is 13.3. The maximum Gasteiger partial charge on any atom is 0.418 e. The summed E-state index contributed by atoms with van der Waals surface area (Å²) < 4.78 is 10.3. The number of amides is 2. The summed E-state index contributed by atoms with van der Waals surface area (Å²) in [6, 6.07) is 22.1. The molecular formula is C33H27N5O5. The van der Waals surface area contributed by atoms with Crippen molar-refractivity contribution in [3.63, 3.8) is 0 Å². The van der Waals surface area contributed by atoms with Gasteiger partial charge in [-0.2, -0.15) is 0 Å². The molecule has 0 aliphatic carbocycles. The van der Waals surface area contributed by atoms with E-state index in [1.54, 1.807) is 48.1 Å². The van der Waals surface area contributed by atoms with E-state index in [2.05, 4.69) is 9.55 Å². The number of carbonyl (C=O) groups excluding carboxylic acids is 3. The minimum Gasteiger partial charge on any atom is -0.449 e. The average Bonchev–Trinajstić information content (AvgIpc) is 3.76. The molecule has 0 radical (unpaired) electrons. The molecule has 214 valence electrons. The highest BCUT2D eigenvalue weighted by atomic mass is 16.5. The Kier molecular flexibility index (Phi) is 6.31. The van der Waals surface area contributed by atoms with Crippen LogP contribution in [0.4, 0.5) is 4.79 Å². The first-order chi connectivity index (χ1) is 21.0. The van der Waals surface area contributed by atoms with E-state index in [0.29, 0.717) is 41.0 Å². The van der Waals surface area contributed by atoms with Gasteiger partial charge in [0.1, 0.15) is 0 Å². The number of H-pyrrole nitrogens is 1. The zero-order valence-electron chi connectivity index (χ0n) is 23.3. The second kappa shape index (κ2) is 10.3. The fourth-order valence-corrected chi connectivity index (χ4v) is 5.97. The highest BCUT2D eigenvalue weighted by molar-refractivity contribution is 6.21. The molecule has 10 nitrogen and oxygen atoms in total. The highest BCUT2D eigenvalue weighted by Gasteiger charge is 2.34. The monoisotopic (exact) mass is 573 g/mol. The first-order valence-corrected chi connectivity index (χ1v) is 14.1. The van der Waals surface area contributed by atoms with E-state index < -0.39 is 6.09 Å². The molecule has 6 aromatic rings. The molecule has 3 aromatic carbocycles. The predicted molar refractivity (Wildman–Crippen MR) is 162 cm³/mol. The van der Waals surface area contributed by atoms with E-state index in [1.165, 1.54) is 9.47 Å². The summed E-state index contributed by atoms with van der Waals surface area (Å²) in [7, 11) is 0.